The number of carbonyl (C=O) groups is 2. The molecule has 1 atom stereocenters. The van der Waals surface area contributed by atoms with Gasteiger partial charge in [-0.15, -0.1) is 0 Å². The average molecular weight is 390 g/mol. The Bertz CT molecular complexity index is 968. The Morgan fingerprint density at radius 3 is 2.15 bits per heavy atom. The van der Waals surface area contributed by atoms with Crippen molar-refractivity contribution in [3.8, 4) is 0 Å². The van der Waals surface area contributed by atoms with Crippen LogP contribution >= 0.6 is 0 Å². The molecule has 0 fully saturated rings. The summed E-state index contributed by atoms with van der Waals surface area (Å²) in [5, 5.41) is 8.99. The van der Waals surface area contributed by atoms with E-state index in [1.54, 1.807) is 12.1 Å². The summed E-state index contributed by atoms with van der Waals surface area (Å²) < 4.78 is 27.5. The molecule has 2 aromatic rings. The number of benzene rings is 2. The highest BCUT2D eigenvalue weighted by Crippen LogP contribution is 2.19. The van der Waals surface area contributed by atoms with Gasteiger partial charge in [0.25, 0.3) is 15.9 Å². The van der Waals surface area contributed by atoms with Crippen molar-refractivity contribution in [2.45, 2.75) is 31.7 Å². The van der Waals surface area contributed by atoms with Gasteiger partial charge in [-0.3, -0.25) is 9.52 Å². The van der Waals surface area contributed by atoms with Crippen LogP contribution in [0.1, 0.15) is 28.4 Å². The van der Waals surface area contributed by atoms with Crippen molar-refractivity contribution in [2.75, 3.05) is 11.8 Å². The van der Waals surface area contributed by atoms with Crippen LogP contribution in [0.4, 0.5) is 5.69 Å². The lowest BCUT2D eigenvalue weighted by molar-refractivity contribution is -0.141. The first-order chi connectivity index (χ1) is 12.5. The van der Waals surface area contributed by atoms with Crippen molar-refractivity contribution < 1.29 is 23.1 Å². The normalized spacial score (nSPS) is 12.3. The molecule has 2 N–H and O–H groups in total. The minimum absolute atomic E-state index is 0.153. The predicted molar refractivity (Wildman–Crippen MR) is 102 cm³/mol. The SMILES string of the molecule is Cc1ccc(S(=O)(=O)Nc2ccc(C(=O)N(C)C(C)C(=O)O)cc2)cc1C. The van der Waals surface area contributed by atoms with Crippen LogP contribution in [0.2, 0.25) is 0 Å². The minimum atomic E-state index is -3.75. The number of carboxylic acid groups (broad SMARTS) is 1. The molecular formula is C19H22N2O5S. The van der Waals surface area contributed by atoms with Crippen LogP contribution in [0.3, 0.4) is 0 Å². The number of aryl methyl sites for hydroxylation is 2. The molecule has 27 heavy (non-hydrogen) atoms. The number of hydrogen-bond donors (Lipinski definition) is 2. The lowest BCUT2D eigenvalue weighted by Gasteiger charge is -2.21. The molecule has 0 saturated heterocycles. The number of sulfonamides is 1. The van der Waals surface area contributed by atoms with E-state index in [1.165, 1.54) is 44.3 Å². The van der Waals surface area contributed by atoms with Crippen molar-refractivity contribution in [1.82, 2.24) is 4.90 Å². The van der Waals surface area contributed by atoms with Gasteiger partial charge in [-0.25, -0.2) is 13.2 Å². The van der Waals surface area contributed by atoms with Gasteiger partial charge in [-0.1, -0.05) is 6.07 Å². The summed E-state index contributed by atoms with van der Waals surface area (Å²) in [4.78, 5) is 24.6. The summed E-state index contributed by atoms with van der Waals surface area (Å²) in [6.07, 6.45) is 0. The standard InChI is InChI=1S/C19H22N2O5S/c1-12-5-10-17(11-13(12)2)27(25,26)20-16-8-6-15(7-9-16)18(22)21(4)14(3)19(23)24/h5-11,14,20H,1-4H3,(H,23,24). The zero-order valence-electron chi connectivity index (χ0n) is 15.6. The Morgan fingerprint density at radius 1 is 1.04 bits per heavy atom. The van der Waals surface area contributed by atoms with Crippen LogP contribution in [0.25, 0.3) is 0 Å². The highest BCUT2D eigenvalue weighted by Gasteiger charge is 2.23. The summed E-state index contributed by atoms with van der Waals surface area (Å²) in [5.74, 6) is -1.57. The van der Waals surface area contributed by atoms with E-state index < -0.39 is 27.9 Å². The summed E-state index contributed by atoms with van der Waals surface area (Å²) in [5.41, 5.74) is 2.43. The lowest BCUT2D eigenvalue weighted by atomic mass is 10.1. The number of anilines is 1. The Kier molecular flexibility index (Phi) is 5.90. The van der Waals surface area contributed by atoms with E-state index in [-0.39, 0.29) is 10.5 Å². The molecule has 2 aromatic carbocycles. The number of nitrogens with one attached hydrogen (secondary N) is 1. The molecule has 0 aromatic heterocycles. The molecule has 144 valence electrons. The summed E-state index contributed by atoms with van der Waals surface area (Å²) >= 11 is 0. The molecule has 0 aliphatic rings. The van der Waals surface area contributed by atoms with E-state index in [2.05, 4.69) is 4.72 Å². The van der Waals surface area contributed by atoms with Gasteiger partial charge < -0.3 is 10.0 Å². The highest BCUT2D eigenvalue weighted by atomic mass is 32.2. The zero-order valence-corrected chi connectivity index (χ0v) is 16.4. The van der Waals surface area contributed by atoms with E-state index in [1.807, 2.05) is 13.8 Å². The number of carboxylic acids is 1. The predicted octanol–water partition coefficient (Wildman–Crippen LogP) is 2.65. The summed E-state index contributed by atoms with van der Waals surface area (Å²) in [6, 6.07) is 9.72. The second kappa shape index (κ2) is 7.79. The van der Waals surface area contributed by atoms with Crippen LogP contribution in [-0.2, 0) is 14.8 Å². The molecule has 2 rings (SSSR count). The third-order valence-corrected chi connectivity index (χ3v) is 5.81. The fraction of sp³-hybridized carbons (Fsp3) is 0.263. The molecule has 0 aliphatic heterocycles. The van der Waals surface area contributed by atoms with Crippen LogP contribution in [-0.4, -0.2) is 43.4 Å². The Morgan fingerprint density at radius 2 is 1.63 bits per heavy atom. The maximum Gasteiger partial charge on any atom is 0.326 e. The molecule has 0 bridgehead atoms. The van der Waals surface area contributed by atoms with Crippen LogP contribution < -0.4 is 4.72 Å². The van der Waals surface area contributed by atoms with Gasteiger partial charge in [0.1, 0.15) is 6.04 Å². The number of nitrogens with zero attached hydrogens (tertiary/aromatic N) is 1. The number of hydrogen-bond acceptors (Lipinski definition) is 4. The molecule has 7 nitrogen and oxygen atoms in total. The van der Waals surface area contributed by atoms with Crippen molar-refractivity contribution in [1.29, 1.82) is 0 Å². The van der Waals surface area contributed by atoms with E-state index in [9.17, 15) is 18.0 Å². The monoisotopic (exact) mass is 390 g/mol. The minimum Gasteiger partial charge on any atom is -0.480 e. The van der Waals surface area contributed by atoms with E-state index in [0.717, 1.165) is 16.0 Å². The molecule has 0 heterocycles. The van der Waals surface area contributed by atoms with E-state index in [0.29, 0.717) is 5.69 Å². The van der Waals surface area contributed by atoms with Gasteiger partial charge in [-0.05, 0) is 68.3 Å². The van der Waals surface area contributed by atoms with Gasteiger partial charge in [-0.2, -0.15) is 0 Å². The number of likely N-dealkylation sites (N-methyl/N-ethyl adjacent to an activating group) is 1. The van der Waals surface area contributed by atoms with Gasteiger partial charge in [0.05, 0.1) is 4.90 Å². The Hall–Kier alpha value is -2.87. The van der Waals surface area contributed by atoms with Gasteiger partial charge in [0.15, 0.2) is 0 Å². The van der Waals surface area contributed by atoms with Crippen molar-refractivity contribution >= 4 is 27.6 Å². The lowest BCUT2D eigenvalue weighted by Crippen LogP contribution is -2.40. The number of amides is 1. The first kappa shape index (κ1) is 20.4. The molecule has 1 unspecified atom stereocenters. The third-order valence-electron chi connectivity index (χ3n) is 4.43. The maximum atomic E-state index is 12.5. The largest absolute Gasteiger partial charge is 0.480 e. The van der Waals surface area contributed by atoms with E-state index >= 15 is 0 Å². The third kappa shape index (κ3) is 4.65. The fourth-order valence-electron chi connectivity index (χ4n) is 2.32. The molecule has 0 aliphatic carbocycles. The molecule has 0 spiro atoms. The second-order valence-corrected chi connectivity index (χ2v) is 8.04. The Labute approximate surface area is 158 Å². The molecule has 0 radical (unpaired) electrons. The topological polar surface area (TPSA) is 104 Å². The smallest absolute Gasteiger partial charge is 0.326 e. The number of carbonyl (C=O) groups excluding carboxylic acids is 1. The summed E-state index contributed by atoms with van der Waals surface area (Å²) in [7, 11) is -2.35. The van der Waals surface area contributed by atoms with Gasteiger partial charge in [0.2, 0.25) is 0 Å². The summed E-state index contributed by atoms with van der Waals surface area (Å²) in [6.45, 7) is 5.15. The first-order valence-corrected chi connectivity index (χ1v) is 9.71. The number of rotatable bonds is 6. The highest BCUT2D eigenvalue weighted by molar-refractivity contribution is 7.92. The van der Waals surface area contributed by atoms with Gasteiger partial charge in [0, 0.05) is 18.3 Å². The Balaban J connectivity index is 2.18. The van der Waals surface area contributed by atoms with Crippen molar-refractivity contribution in [2.24, 2.45) is 0 Å². The van der Waals surface area contributed by atoms with Crippen molar-refractivity contribution in [3.05, 3.63) is 59.2 Å². The van der Waals surface area contributed by atoms with Crippen LogP contribution in [0.5, 0.6) is 0 Å². The van der Waals surface area contributed by atoms with Crippen LogP contribution in [0, 0.1) is 13.8 Å². The number of aliphatic carboxylic acids is 1. The fourth-order valence-corrected chi connectivity index (χ4v) is 3.46. The molecule has 8 heteroatoms. The average Bonchev–Trinajstić information content (AvgIpc) is 2.62. The zero-order chi connectivity index (χ0) is 20.4. The first-order valence-electron chi connectivity index (χ1n) is 8.23. The molecular weight excluding hydrogens is 368 g/mol. The van der Waals surface area contributed by atoms with Crippen molar-refractivity contribution in [3.63, 3.8) is 0 Å². The van der Waals surface area contributed by atoms with Gasteiger partial charge >= 0.3 is 5.97 Å². The second-order valence-electron chi connectivity index (χ2n) is 6.36. The molecule has 0 saturated carbocycles. The quantitative estimate of drug-likeness (QED) is 0.789. The maximum absolute atomic E-state index is 12.5. The van der Waals surface area contributed by atoms with Crippen LogP contribution in [0.15, 0.2) is 47.4 Å². The van der Waals surface area contributed by atoms with E-state index in [4.69, 9.17) is 5.11 Å². The molecule has 1 amide bonds.